The van der Waals surface area contributed by atoms with Crippen LogP contribution in [-0.2, 0) is 27.3 Å². The lowest BCUT2D eigenvalue weighted by atomic mass is 10.0. The lowest BCUT2D eigenvalue weighted by Crippen LogP contribution is -2.49. The monoisotopic (exact) mass is 626 g/mol. The van der Waals surface area contributed by atoms with E-state index < -0.39 is 35.9 Å². The number of H-pyrrole nitrogens is 1. The number of phenolic OH excluding ortho intramolecular Hbond substituents is 1. The van der Waals surface area contributed by atoms with Crippen molar-refractivity contribution in [3.63, 3.8) is 0 Å². The van der Waals surface area contributed by atoms with Crippen molar-refractivity contribution < 1.29 is 37.8 Å². The first-order valence-corrected chi connectivity index (χ1v) is 14.2. The number of oxazole rings is 1. The normalized spacial score (nSPS) is 12.2. The van der Waals surface area contributed by atoms with Gasteiger partial charge in [0.15, 0.2) is 11.5 Å². The molecule has 0 spiro atoms. The summed E-state index contributed by atoms with van der Waals surface area (Å²) in [4.78, 5) is 46.7. The maximum absolute atomic E-state index is 14.1. The Morgan fingerprint density at radius 2 is 1.78 bits per heavy atom. The summed E-state index contributed by atoms with van der Waals surface area (Å²) < 4.78 is 30.5. The molecular formula is C34H31FN4O7. The van der Waals surface area contributed by atoms with Gasteiger partial charge < -0.3 is 34.6 Å². The number of aromatic nitrogens is 2. The predicted octanol–water partition coefficient (Wildman–Crippen LogP) is 5.73. The Morgan fingerprint density at radius 3 is 2.48 bits per heavy atom. The molecule has 0 aliphatic rings. The minimum absolute atomic E-state index is 0.00227. The fourth-order valence-corrected chi connectivity index (χ4v) is 4.78. The summed E-state index contributed by atoms with van der Waals surface area (Å²) in [7, 11) is 1.18. The maximum Gasteiger partial charge on any atom is 0.408 e. The maximum atomic E-state index is 14.1. The molecule has 46 heavy (non-hydrogen) atoms. The molecule has 2 amide bonds. The number of nitrogens with zero attached hydrogens (tertiary/aromatic N) is 1. The van der Waals surface area contributed by atoms with Crippen LogP contribution < -0.4 is 10.6 Å². The quantitative estimate of drug-likeness (QED) is 0.107. The Bertz CT molecular complexity index is 1880. The number of fused-ring (bicyclic) bond motifs is 1. The number of hydrogen-bond donors (Lipinski definition) is 4. The van der Waals surface area contributed by atoms with E-state index in [2.05, 4.69) is 27.2 Å². The minimum atomic E-state index is -1.14. The summed E-state index contributed by atoms with van der Waals surface area (Å²) >= 11 is 0. The number of benzene rings is 3. The van der Waals surface area contributed by atoms with E-state index in [1.165, 1.54) is 31.4 Å². The van der Waals surface area contributed by atoms with Gasteiger partial charge in [-0.2, -0.15) is 0 Å². The van der Waals surface area contributed by atoms with Crippen molar-refractivity contribution in [3.05, 3.63) is 120 Å². The van der Waals surface area contributed by atoms with Crippen LogP contribution in [0.4, 0.5) is 9.18 Å². The van der Waals surface area contributed by atoms with E-state index >= 15 is 0 Å². The molecule has 0 saturated carbocycles. The highest BCUT2D eigenvalue weighted by molar-refractivity contribution is 6.01. The smallest absolute Gasteiger partial charge is 0.408 e. The topological polar surface area (TPSA) is 156 Å². The van der Waals surface area contributed by atoms with Gasteiger partial charge in [-0.25, -0.2) is 19.0 Å². The van der Waals surface area contributed by atoms with Gasteiger partial charge in [0.05, 0.1) is 7.11 Å². The Labute approximate surface area is 263 Å². The Morgan fingerprint density at radius 1 is 1.04 bits per heavy atom. The fourth-order valence-electron chi connectivity index (χ4n) is 4.78. The van der Waals surface area contributed by atoms with Crippen molar-refractivity contribution in [1.29, 1.82) is 0 Å². The number of phenols is 1. The highest BCUT2D eigenvalue weighted by Gasteiger charge is 2.31. The van der Waals surface area contributed by atoms with Crippen LogP contribution in [0.2, 0.25) is 0 Å². The molecule has 0 aliphatic heterocycles. The van der Waals surface area contributed by atoms with Crippen molar-refractivity contribution in [2.45, 2.75) is 32.0 Å². The average molecular weight is 627 g/mol. The molecule has 2 heterocycles. The molecule has 11 nitrogen and oxygen atoms in total. The lowest BCUT2D eigenvalue weighted by Gasteiger charge is -2.22. The molecule has 0 saturated heterocycles. The zero-order valence-corrected chi connectivity index (χ0v) is 25.0. The number of alkyl carbamates (subject to hydrolysis) is 1. The highest BCUT2D eigenvalue weighted by Crippen LogP contribution is 2.35. The van der Waals surface area contributed by atoms with E-state index in [0.29, 0.717) is 27.6 Å². The van der Waals surface area contributed by atoms with Gasteiger partial charge in [0.1, 0.15) is 30.3 Å². The van der Waals surface area contributed by atoms with Gasteiger partial charge >= 0.3 is 12.1 Å². The molecule has 2 atom stereocenters. The highest BCUT2D eigenvalue weighted by atomic mass is 19.1. The van der Waals surface area contributed by atoms with Crippen LogP contribution in [0.1, 0.15) is 40.5 Å². The molecule has 0 unspecified atom stereocenters. The number of nitrogens with one attached hydrogen (secondary N) is 3. The van der Waals surface area contributed by atoms with E-state index in [1.54, 1.807) is 43.5 Å². The summed E-state index contributed by atoms with van der Waals surface area (Å²) in [5.74, 6) is -1.98. The number of halogens is 1. The summed E-state index contributed by atoms with van der Waals surface area (Å²) in [6.45, 7) is 5.58. The third-order valence-corrected chi connectivity index (χ3v) is 7.13. The Kier molecular flexibility index (Phi) is 9.46. The largest absolute Gasteiger partial charge is 0.508 e. The standard InChI is InChI=1S/C34H31FN4O7/c1-19(2)28(32-39-29(33(42)44-3)30(46-32)25-17-36-26-14-11-22(35)16-24(25)26)38-31(41)27(15-20-9-12-23(40)13-10-20)37-34(43)45-18-21-7-5-4-6-8-21/h4-14,16-17,27-28,36,40H,1,15,18H2,2-3H3,(H,37,43)(H,38,41)/t27-,28-/m0/s1. The van der Waals surface area contributed by atoms with E-state index in [1.807, 2.05) is 18.2 Å². The van der Waals surface area contributed by atoms with Gasteiger partial charge in [-0.1, -0.05) is 49.0 Å². The second-order valence-electron chi connectivity index (χ2n) is 10.5. The third-order valence-electron chi connectivity index (χ3n) is 7.13. The summed E-state index contributed by atoms with van der Waals surface area (Å²) in [5.41, 5.74) is 2.57. The van der Waals surface area contributed by atoms with Crippen LogP contribution >= 0.6 is 0 Å². The Balaban J connectivity index is 1.43. The van der Waals surface area contributed by atoms with Gasteiger partial charge in [0.25, 0.3) is 0 Å². The number of rotatable bonds is 11. The second-order valence-corrected chi connectivity index (χ2v) is 10.5. The third kappa shape index (κ3) is 7.24. The van der Waals surface area contributed by atoms with Crippen molar-refractivity contribution in [3.8, 4) is 17.1 Å². The zero-order valence-electron chi connectivity index (χ0n) is 25.0. The van der Waals surface area contributed by atoms with Crippen molar-refractivity contribution in [2.24, 2.45) is 0 Å². The number of aromatic amines is 1. The number of ether oxygens (including phenoxy) is 2. The van der Waals surface area contributed by atoms with Gasteiger partial charge in [0.2, 0.25) is 11.8 Å². The molecule has 4 N–H and O–H groups in total. The van der Waals surface area contributed by atoms with E-state index in [-0.39, 0.29) is 36.1 Å². The molecule has 12 heteroatoms. The van der Waals surface area contributed by atoms with Crippen molar-refractivity contribution in [2.75, 3.05) is 7.11 Å². The number of hydrogen-bond acceptors (Lipinski definition) is 8. The molecule has 0 aliphatic carbocycles. The van der Waals surface area contributed by atoms with E-state index in [0.717, 1.165) is 5.56 Å². The fraction of sp³-hybridized carbons (Fsp3) is 0.176. The van der Waals surface area contributed by atoms with Crippen LogP contribution in [0, 0.1) is 5.82 Å². The molecule has 3 aromatic carbocycles. The van der Waals surface area contributed by atoms with Crippen LogP contribution in [0.5, 0.6) is 5.75 Å². The van der Waals surface area contributed by atoms with E-state index in [4.69, 9.17) is 13.9 Å². The summed E-state index contributed by atoms with van der Waals surface area (Å²) in [6.07, 6.45) is 0.765. The van der Waals surface area contributed by atoms with Gasteiger partial charge in [-0.05, 0) is 54.0 Å². The number of methoxy groups -OCH3 is 1. The average Bonchev–Trinajstić information content (AvgIpc) is 3.67. The van der Waals surface area contributed by atoms with Crippen LogP contribution in [-0.4, -0.2) is 46.2 Å². The molecule has 2 aromatic heterocycles. The molecule has 0 bridgehead atoms. The first-order chi connectivity index (χ1) is 22.1. The first-order valence-electron chi connectivity index (χ1n) is 14.2. The lowest BCUT2D eigenvalue weighted by molar-refractivity contribution is -0.123. The number of esters is 1. The van der Waals surface area contributed by atoms with Crippen molar-refractivity contribution >= 4 is 28.9 Å². The zero-order chi connectivity index (χ0) is 32.8. The molecule has 5 rings (SSSR count). The van der Waals surface area contributed by atoms with Gasteiger partial charge in [-0.15, -0.1) is 0 Å². The Hall–Kier alpha value is -5.91. The molecule has 5 aromatic rings. The second kappa shape index (κ2) is 13.8. The number of carbonyl (C=O) groups excluding carboxylic acids is 3. The minimum Gasteiger partial charge on any atom is -0.508 e. The van der Waals surface area contributed by atoms with Gasteiger partial charge in [-0.3, -0.25) is 4.79 Å². The first kappa shape index (κ1) is 31.5. The van der Waals surface area contributed by atoms with Crippen molar-refractivity contribution in [1.82, 2.24) is 20.6 Å². The number of carbonyl (C=O) groups is 3. The SMILES string of the molecule is C=C(C)[C@H](NC(=O)[C@H](Cc1ccc(O)cc1)NC(=O)OCc1ccccc1)c1nc(C(=O)OC)c(-c2c[nH]c3ccc(F)cc23)o1. The van der Waals surface area contributed by atoms with Crippen LogP contribution in [0.25, 0.3) is 22.2 Å². The number of aromatic hydroxyl groups is 1. The van der Waals surface area contributed by atoms with E-state index in [9.17, 15) is 23.9 Å². The summed E-state index contributed by atoms with van der Waals surface area (Å²) in [5, 5.41) is 15.5. The number of amides is 2. The molecule has 0 radical (unpaired) electrons. The summed E-state index contributed by atoms with van der Waals surface area (Å²) in [6, 6.07) is 17.2. The molecule has 0 fully saturated rings. The van der Waals surface area contributed by atoms with Gasteiger partial charge in [0, 0.05) is 29.1 Å². The predicted molar refractivity (Wildman–Crippen MR) is 166 cm³/mol. The molecule has 236 valence electrons. The van der Waals surface area contributed by atoms with Crippen LogP contribution in [0.15, 0.2) is 95.6 Å². The molecular weight excluding hydrogens is 595 g/mol. The van der Waals surface area contributed by atoms with Crippen LogP contribution in [0.3, 0.4) is 0 Å².